The first-order valence-electron chi connectivity index (χ1n) is 7.18. The first-order chi connectivity index (χ1) is 10.2. The van der Waals surface area contributed by atoms with E-state index < -0.39 is 0 Å². The minimum Gasteiger partial charge on any atom is -1.00 e. The molecule has 0 fully saturated rings. The summed E-state index contributed by atoms with van der Waals surface area (Å²) in [5.74, 6) is 4.41. The quantitative estimate of drug-likeness (QED) is 0.438. The molecule has 1 aromatic heterocycles. The Hall–Kier alpha value is -0.517. The van der Waals surface area contributed by atoms with Gasteiger partial charge in [-0.25, -0.2) is 16.1 Å². The smallest absolute Gasteiger partial charge is 1.00 e. The number of rotatable bonds is 1. The van der Waals surface area contributed by atoms with Crippen LogP contribution in [0.5, 0.6) is 0 Å². The van der Waals surface area contributed by atoms with Crippen LogP contribution in [0.3, 0.4) is 0 Å². The minimum absolute atomic E-state index is 0. The number of allylic oxidation sites excluding steroid dienone is 4. The van der Waals surface area contributed by atoms with Crippen LogP contribution in [0.25, 0.3) is 16.1 Å². The van der Waals surface area contributed by atoms with Gasteiger partial charge in [0.2, 0.25) is 0 Å². The van der Waals surface area contributed by atoms with E-state index in [4.69, 9.17) is 0 Å². The second kappa shape index (κ2) is 11.2. The Balaban J connectivity index is 0.000000463. The maximum atomic E-state index is 3.19. The van der Waals surface area contributed by atoms with Crippen molar-refractivity contribution in [3.63, 3.8) is 0 Å². The summed E-state index contributed by atoms with van der Waals surface area (Å²) in [5.41, 5.74) is 2.71. The molecule has 1 nitrogen and oxygen atoms in total. The van der Waals surface area contributed by atoms with E-state index in [1.807, 2.05) is 6.20 Å². The van der Waals surface area contributed by atoms with E-state index in [2.05, 4.69) is 79.1 Å². The summed E-state index contributed by atoms with van der Waals surface area (Å²) < 4.78 is 0. The van der Waals surface area contributed by atoms with Crippen molar-refractivity contribution in [3.05, 3.63) is 77.6 Å². The van der Waals surface area contributed by atoms with E-state index in [1.165, 1.54) is 27.2 Å². The molecule has 122 valence electrons. The fraction of sp³-hybridized carbons (Fsp3) is 0.158. The van der Waals surface area contributed by atoms with Crippen LogP contribution in [0.2, 0.25) is 0 Å². The van der Waals surface area contributed by atoms with Gasteiger partial charge in [0.05, 0.1) is 0 Å². The molecule has 0 saturated heterocycles. The van der Waals surface area contributed by atoms with Gasteiger partial charge in [-0.1, -0.05) is 18.3 Å². The van der Waals surface area contributed by atoms with Crippen molar-refractivity contribution in [3.8, 4) is 5.30 Å². The molecule has 0 bridgehead atoms. The van der Waals surface area contributed by atoms with Gasteiger partial charge in [-0.3, -0.25) is 6.08 Å². The van der Waals surface area contributed by atoms with Gasteiger partial charge in [-0.15, -0.1) is 48.4 Å². The third-order valence-electron chi connectivity index (χ3n) is 3.81. The van der Waals surface area contributed by atoms with Gasteiger partial charge < -0.3 is 24.8 Å². The molecular formula is C19H19Cl2NPZr+. The summed E-state index contributed by atoms with van der Waals surface area (Å²) in [6, 6.07) is 13.1. The van der Waals surface area contributed by atoms with Gasteiger partial charge in [0, 0.05) is 5.80 Å². The van der Waals surface area contributed by atoms with Crippen molar-refractivity contribution in [1.82, 2.24) is 0 Å². The normalized spacial score (nSPS) is 12.7. The number of halogens is 2. The molecular weight excluding hydrogens is 435 g/mol. The summed E-state index contributed by atoms with van der Waals surface area (Å²) in [7, 11) is -0.204. The van der Waals surface area contributed by atoms with Gasteiger partial charge >= 0.3 is 26.2 Å². The number of aromatic amines is 1. The van der Waals surface area contributed by atoms with Crippen LogP contribution in [0, 0.1) is 6.08 Å². The zero-order valence-electron chi connectivity index (χ0n) is 13.7. The standard InChI is InChI=1S/C12H9NP.C7H9.2ClH.Zr/c1-2-4-11-8-12(7-10(11)3-1)14-6-5-13-9-14;1-6-4-3-5-7(6)2;;;/h1-9H;4H,3H2,1-2H3;2*1H;/q2*-1;;;+4/p-1. The Labute approximate surface area is 176 Å². The first-order valence-corrected chi connectivity index (χ1v) is 8.66. The summed E-state index contributed by atoms with van der Waals surface area (Å²) in [4.78, 5) is 3.14. The molecule has 0 aliphatic heterocycles. The molecule has 0 amide bonds. The molecule has 1 N–H and O–H groups in total. The molecule has 1 aliphatic rings. The van der Waals surface area contributed by atoms with Crippen LogP contribution in [-0.2, 0) is 26.2 Å². The van der Waals surface area contributed by atoms with Crippen molar-refractivity contribution in [2.45, 2.75) is 20.3 Å². The summed E-state index contributed by atoms with van der Waals surface area (Å²) in [5, 5.41) is 4.12. The average Bonchev–Trinajstić information content (AvgIpc) is 3.21. The average molecular weight is 454 g/mol. The van der Waals surface area contributed by atoms with E-state index in [9.17, 15) is 0 Å². The van der Waals surface area contributed by atoms with Crippen molar-refractivity contribution < 1.29 is 56.0 Å². The monoisotopic (exact) mass is 452 g/mol. The van der Waals surface area contributed by atoms with E-state index in [-0.39, 0.29) is 58.6 Å². The number of hydrogen-bond donors (Lipinski definition) is 0. The van der Waals surface area contributed by atoms with Crippen LogP contribution in [0.1, 0.15) is 20.3 Å². The Morgan fingerprint density at radius 1 is 1.17 bits per heavy atom. The Bertz CT molecular complexity index is 755. The van der Waals surface area contributed by atoms with Gasteiger partial charge in [0.1, 0.15) is 0 Å². The number of nitrogens with one attached hydrogen (secondary N) is 1. The van der Waals surface area contributed by atoms with Gasteiger partial charge in [-0.05, 0) is 7.53 Å². The van der Waals surface area contributed by atoms with Gasteiger partial charge in [0.15, 0.2) is 12.1 Å². The Kier molecular flexibility index (Phi) is 10.9. The van der Waals surface area contributed by atoms with Gasteiger partial charge in [0.25, 0.3) is 0 Å². The zero-order valence-corrected chi connectivity index (χ0v) is 18.5. The molecule has 5 heteroatoms. The minimum atomic E-state index is -0.204. The second-order valence-corrected chi connectivity index (χ2v) is 7.14. The summed E-state index contributed by atoms with van der Waals surface area (Å²) in [6.45, 7) is 4.22. The molecule has 1 atom stereocenters. The fourth-order valence-electron chi connectivity index (χ4n) is 2.38. The van der Waals surface area contributed by atoms with Gasteiger partial charge in [-0.2, -0.15) is 12.1 Å². The predicted molar refractivity (Wildman–Crippen MR) is 90.9 cm³/mol. The largest absolute Gasteiger partial charge is 4.00 e. The zero-order chi connectivity index (χ0) is 14.7. The topological polar surface area (TPSA) is 14.1 Å². The summed E-state index contributed by atoms with van der Waals surface area (Å²) in [6.07, 6.45) is 8.43. The molecule has 2 aromatic carbocycles. The molecule has 0 saturated carbocycles. The Morgan fingerprint density at radius 3 is 2.42 bits per heavy atom. The number of benzene rings is 1. The number of aromatic nitrogens is 1. The second-order valence-electron chi connectivity index (χ2n) is 5.25. The van der Waals surface area contributed by atoms with E-state index in [0.717, 1.165) is 6.42 Å². The fourth-order valence-corrected chi connectivity index (χ4v) is 3.86. The van der Waals surface area contributed by atoms with Crippen molar-refractivity contribution >= 4 is 18.3 Å². The molecule has 1 heterocycles. The van der Waals surface area contributed by atoms with Crippen molar-refractivity contribution in [2.75, 3.05) is 0 Å². The molecule has 0 radical (unpaired) electrons. The van der Waals surface area contributed by atoms with Crippen LogP contribution in [0.15, 0.2) is 71.5 Å². The van der Waals surface area contributed by atoms with Crippen LogP contribution in [-0.4, -0.2) is 0 Å². The third kappa shape index (κ3) is 5.78. The third-order valence-corrected chi connectivity index (χ3v) is 5.56. The maximum absolute atomic E-state index is 3.19. The van der Waals surface area contributed by atoms with E-state index in [1.54, 1.807) is 0 Å². The molecule has 1 aliphatic carbocycles. The van der Waals surface area contributed by atoms with Crippen LogP contribution in [0.4, 0.5) is 0 Å². The van der Waals surface area contributed by atoms with E-state index >= 15 is 0 Å². The molecule has 3 aromatic rings. The maximum Gasteiger partial charge on any atom is 4.00 e. The number of hydrogen-bond acceptors (Lipinski definition) is 0. The molecule has 24 heavy (non-hydrogen) atoms. The predicted octanol–water partition coefficient (Wildman–Crippen LogP) is -0.560. The SMILES string of the molecule is CC1=[C-]CC=C1C.[Cl-].[Cl-].[Zr+4].c1ccc2[cH-]c(-p3cc[nH+]c3)cc2c1. The van der Waals surface area contributed by atoms with Crippen LogP contribution >= 0.6 is 7.53 Å². The molecule has 1 unspecified atom stereocenters. The van der Waals surface area contributed by atoms with Crippen LogP contribution < -0.4 is 29.8 Å². The van der Waals surface area contributed by atoms with Crippen molar-refractivity contribution in [2.24, 2.45) is 0 Å². The molecule has 4 rings (SSSR count). The van der Waals surface area contributed by atoms with E-state index in [0.29, 0.717) is 0 Å². The molecule has 0 spiro atoms. The Morgan fingerprint density at radius 2 is 1.92 bits per heavy atom. The number of H-pyrrole nitrogens is 1. The van der Waals surface area contributed by atoms with Crippen molar-refractivity contribution in [1.29, 1.82) is 0 Å². The first kappa shape index (κ1) is 23.5. The summed E-state index contributed by atoms with van der Waals surface area (Å²) >= 11 is 0. The number of fused-ring (bicyclic) bond motifs is 1.